The summed E-state index contributed by atoms with van der Waals surface area (Å²) in [6.45, 7) is -7.96. The first-order chi connectivity index (χ1) is 40.3. The first kappa shape index (κ1) is 72.3. The van der Waals surface area contributed by atoms with Crippen LogP contribution >= 0.6 is 15.6 Å². The number of aliphatic hydroxyl groups excluding tert-OH is 23. The molecule has 0 spiro atoms. The Morgan fingerprint density at radius 1 is 0.267 bits per heavy atom. The van der Waals surface area contributed by atoms with Crippen molar-refractivity contribution in [2.75, 3.05) is 46.2 Å². The van der Waals surface area contributed by atoms with E-state index in [0.717, 1.165) is 0 Å². The van der Waals surface area contributed by atoms with Crippen molar-refractivity contribution in [1.29, 1.82) is 0 Å². The summed E-state index contributed by atoms with van der Waals surface area (Å²) in [6, 6.07) is 0. The van der Waals surface area contributed by atoms with Crippen LogP contribution in [0.5, 0.6) is 0 Å². The molecule has 7 aliphatic heterocycles. The van der Waals surface area contributed by atoms with E-state index in [4.69, 9.17) is 70.2 Å². The van der Waals surface area contributed by atoms with Crippen LogP contribution in [0.15, 0.2) is 0 Å². The third-order valence-corrected chi connectivity index (χ3v) is 16.8. The minimum Gasteiger partial charge on any atom is -0.394 e. The molecule has 2 unspecified atom stereocenters. The van der Waals surface area contributed by atoms with Crippen LogP contribution in [0.4, 0.5) is 0 Å². The monoisotopic (exact) mass is 1310 g/mol. The minimum absolute atomic E-state index is 0.910. The minimum atomic E-state index is -5.74. The zero-order chi connectivity index (χ0) is 63.8. The van der Waals surface area contributed by atoms with E-state index in [2.05, 4.69) is 0 Å². The summed E-state index contributed by atoms with van der Waals surface area (Å²) in [5, 5.41) is 241. The van der Waals surface area contributed by atoms with E-state index in [1.165, 1.54) is 0 Å². The van der Waals surface area contributed by atoms with Gasteiger partial charge in [0.15, 0.2) is 44.0 Å². The fraction of sp³-hybridized carbons (Fsp3) is 1.00. The Hall–Kier alpha value is -1.14. The Morgan fingerprint density at radius 3 is 0.895 bits per heavy atom. The highest BCUT2D eigenvalue weighted by Crippen LogP contribution is 2.49. The quantitative estimate of drug-likeness (QED) is 0.0422. The second-order valence-electron chi connectivity index (χ2n) is 20.7. The Balaban J connectivity index is 1.02. The molecule has 7 heterocycles. The Kier molecular flexibility index (Phi) is 25.5. The lowest BCUT2D eigenvalue weighted by molar-refractivity contribution is -0.378. The molecule has 7 saturated heterocycles. The van der Waals surface area contributed by atoms with Gasteiger partial charge in [0, 0.05) is 0 Å². The van der Waals surface area contributed by atoms with Crippen LogP contribution in [-0.2, 0) is 79.3 Å². The molecule has 0 aromatic rings. The summed E-state index contributed by atoms with van der Waals surface area (Å²) < 4.78 is 106. The number of aliphatic hydroxyl groups is 23. The molecule has 7 fully saturated rings. The van der Waals surface area contributed by atoms with E-state index in [-0.39, 0.29) is 0 Å². The maximum atomic E-state index is 13.5. The molecule has 37 atom stereocenters. The molecule has 7 rings (SSSR count). The summed E-state index contributed by atoms with van der Waals surface area (Å²) in [6.07, 6.45) is -73.8. The molecule has 0 amide bonds. The normalized spacial score (nSPS) is 51.2. The first-order valence-electron chi connectivity index (χ1n) is 26.1. The largest absolute Gasteiger partial charge is 0.474 e. The van der Waals surface area contributed by atoms with E-state index in [1.807, 2.05) is 0 Å². The second kappa shape index (κ2) is 30.3. The number of phosphoric acid groups is 2. The van der Waals surface area contributed by atoms with Gasteiger partial charge in [0.2, 0.25) is 0 Å². The predicted octanol–water partition coefficient (Wildman–Crippen LogP) is -16.0. The molecule has 86 heavy (non-hydrogen) atoms. The smallest absolute Gasteiger partial charge is 0.394 e. The highest BCUT2D eigenvalue weighted by atomic mass is 31.2. The molecule has 0 bridgehead atoms. The van der Waals surface area contributed by atoms with Crippen molar-refractivity contribution in [1.82, 2.24) is 0 Å². The second-order valence-corrected chi connectivity index (χ2v) is 23.5. The zero-order valence-corrected chi connectivity index (χ0v) is 46.0. The van der Waals surface area contributed by atoms with Gasteiger partial charge >= 0.3 is 15.6 Å². The molecule has 0 aromatic carbocycles. The van der Waals surface area contributed by atoms with E-state index >= 15 is 0 Å². The first-order valence-corrected chi connectivity index (χ1v) is 29.1. The molecule has 42 nitrogen and oxygen atoms in total. The number of hydrogen-bond acceptors (Lipinski definition) is 40. The van der Waals surface area contributed by atoms with Crippen molar-refractivity contribution >= 4 is 15.6 Å². The van der Waals surface area contributed by atoms with Crippen molar-refractivity contribution in [3.63, 3.8) is 0 Å². The molecular weight excluding hydrogens is 1240 g/mol. The average molecular weight is 1310 g/mol. The molecule has 44 heteroatoms. The van der Waals surface area contributed by atoms with Crippen molar-refractivity contribution in [2.45, 2.75) is 215 Å². The maximum absolute atomic E-state index is 13.5. The summed E-state index contributed by atoms with van der Waals surface area (Å²) in [5.74, 6) is 0. The van der Waals surface area contributed by atoms with Gasteiger partial charge in [0.05, 0.1) is 46.2 Å². The van der Waals surface area contributed by atoms with Gasteiger partial charge in [-0.25, -0.2) is 9.13 Å². The average Bonchev–Trinajstić information content (AvgIpc) is 1.58. The van der Waals surface area contributed by atoms with Crippen LogP contribution in [0.25, 0.3) is 0 Å². The van der Waals surface area contributed by atoms with Crippen molar-refractivity contribution in [3.05, 3.63) is 0 Å². The zero-order valence-electron chi connectivity index (χ0n) is 44.2. The molecule has 0 saturated carbocycles. The van der Waals surface area contributed by atoms with Crippen molar-refractivity contribution in [3.8, 4) is 0 Å². The Labute approximate surface area is 482 Å². The van der Waals surface area contributed by atoms with Crippen LogP contribution in [0.3, 0.4) is 0 Å². The summed E-state index contributed by atoms with van der Waals surface area (Å²) in [4.78, 5) is 21.5. The van der Waals surface area contributed by atoms with Gasteiger partial charge in [0.1, 0.15) is 171 Å². The Morgan fingerprint density at radius 2 is 0.535 bits per heavy atom. The Bertz CT molecular complexity index is 2190. The standard InChI is InChI=1S/C42H74O42P2/c43-1-8-15(48)19(52)26(59)37(73-8)80-33-11(4-46)75-41(29(62)23(33)56)84-86(68,69)71-7-14-18(51)35(82-38-27(60)20(53)16(49)9(2-44)74-38)31(64)40(78-14)81-34-12(5-47)76-42(30(63)24(34)57)83-85(66,67)70-6-13-17(50)21(54)28(61)39(77-13)79-32-10(3-45)72-36(65)25(58)22(32)55/h8-65H,1-7H2,(H,66,67)(H,68,69)/t8-,9-,10-,11-,12-,13-,14-,15+,16-,17+,18+,19+,20+,21+,22-,23-,24-,25+,26-,27-,28-,29+,30+,31-,32-,33-,34-,35+,36+,37+,38+,39+,40+,41-,42-/m1/s1. The van der Waals surface area contributed by atoms with Crippen molar-refractivity contribution < 1.29 is 207 Å². The van der Waals surface area contributed by atoms with E-state index in [9.17, 15) is 136 Å². The fourth-order valence-electron chi connectivity index (χ4n) is 9.97. The van der Waals surface area contributed by atoms with E-state index < -0.39 is 277 Å². The lowest BCUT2D eigenvalue weighted by atomic mass is 9.96. The molecule has 7 aliphatic rings. The number of phosphoric ester groups is 2. The van der Waals surface area contributed by atoms with E-state index in [1.54, 1.807) is 0 Å². The summed E-state index contributed by atoms with van der Waals surface area (Å²) in [7, 11) is -11.4. The lowest BCUT2D eigenvalue weighted by Crippen LogP contribution is -2.66. The summed E-state index contributed by atoms with van der Waals surface area (Å²) in [5.41, 5.74) is 0. The van der Waals surface area contributed by atoms with Gasteiger partial charge in [-0.05, 0) is 0 Å². The van der Waals surface area contributed by atoms with Crippen LogP contribution < -0.4 is 0 Å². The van der Waals surface area contributed by atoms with Crippen LogP contribution in [-0.4, -0.2) is 388 Å². The third kappa shape index (κ3) is 15.9. The predicted molar refractivity (Wildman–Crippen MR) is 254 cm³/mol. The molecular formula is C42H74O42P2. The van der Waals surface area contributed by atoms with E-state index in [0.29, 0.717) is 0 Å². The van der Waals surface area contributed by atoms with Gasteiger partial charge in [-0.2, -0.15) is 0 Å². The van der Waals surface area contributed by atoms with Crippen LogP contribution in [0.2, 0.25) is 0 Å². The fourth-order valence-corrected chi connectivity index (χ4v) is 11.6. The van der Waals surface area contributed by atoms with Gasteiger partial charge < -0.3 is 179 Å². The van der Waals surface area contributed by atoms with Gasteiger partial charge in [-0.15, -0.1) is 0 Å². The molecule has 0 aliphatic carbocycles. The third-order valence-electron chi connectivity index (χ3n) is 14.9. The van der Waals surface area contributed by atoms with Gasteiger partial charge in [-0.3, -0.25) is 18.1 Å². The molecule has 0 radical (unpaired) electrons. The maximum Gasteiger partial charge on any atom is 0.474 e. The number of hydrogen-bond donors (Lipinski definition) is 25. The van der Waals surface area contributed by atoms with Crippen LogP contribution in [0.1, 0.15) is 0 Å². The highest BCUT2D eigenvalue weighted by molar-refractivity contribution is 7.47. The number of ether oxygens (including phenoxy) is 11. The van der Waals surface area contributed by atoms with Gasteiger partial charge in [-0.1, -0.05) is 0 Å². The SMILES string of the molecule is O=P(O)(OC[C@H]1O[C@@H](O[C@H]2[C@H](O)[C@H](O)[C@@H](OP(=O)(O)OC[C@H]3O[C@@H](O[C@H]4[C@H](O)[C@H](O)[C@@H](O)O[C@@H]4CO)[C@H](O)[C@@H](O)[C@H]3O)O[C@@H]2CO)[C@H](O)[C@@H](O[C@@H]2O[C@H](CO)[C@@H](O)[C@H](O)[C@H]2O)[C@H]1O)O[C@H]1O[C@H](CO)[C@@H](O[C@@H]2O[C@H](CO)[C@H](O)[C@H](O)[C@H]2O)[C@H](O)[C@@H]1O. The molecule has 504 valence electrons. The number of rotatable bonds is 23. The topological polar surface area (TPSA) is 678 Å². The molecule has 0 aromatic heterocycles. The van der Waals surface area contributed by atoms with Crippen LogP contribution in [0, 0.1) is 0 Å². The van der Waals surface area contributed by atoms with Gasteiger partial charge in [0.25, 0.3) is 0 Å². The summed E-state index contributed by atoms with van der Waals surface area (Å²) >= 11 is 0. The van der Waals surface area contributed by atoms with Crippen molar-refractivity contribution in [2.24, 2.45) is 0 Å². The lowest BCUT2D eigenvalue weighted by Gasteiger charge is -2.48. The highest BCUT2D eigenvalue weighted by Gasteiger charge is 2.58. The molecule has 25 N–H and O–H groups in total.